The number of hydrogen-bond donors (Lipinski definition) is 2. The van der Waals surface area contributed by atoms with Crippen LogP contribution in [0, 0.1) is 0 Å². The average molecular weight is 271 g/mol. The molecule has 2 aromatic carbocycles. The van der Waals surface area contributed by atoms with E-state index in [-0.39, 0.29) is 0 Å². The van der Waals surface area contributed by atoms with E-state index in [2.05, 4.69) is 5.32 Å². The number of phenolic OH excluding ortho intramolecular Hbond substituents is 1. The molecule has 0 saturated carbocycles. The Hall–Kier alpha value is -2.00. The van der Waals surface area contributed by atoms with Gasteiger partial charge in [0.2, 0.25) is 0 Å². The summed E-state index contributed by atoms with van der Waals surface area (Å²) < 4.78 is 5.32. The van der Waals surface area contributed by atoms with E-state index in [0.717, 1.165) is 28.9 Å². The monoisotopic (exact) mass is 271 g/mol. The molecule has 0 fully saturated rings. The van der Waals surface area contributed by atoms with Crippen molar-refractivity contribution in [2.75, 3.05) is 7.11 Å². The minimum Gasteiger partial charge on any atom is -0.507 e. The van der Waals surface area contributed by atoms with Crippen molar-refractivity contribution in [1.82, 2.24) is 5.32 Å². The lowest BCUT2D eigenvalue weighted by Gasteiger charge is -2.11. The van der Waals surface area contributed by atoms with Crippen LogP contribution in [0.3, 0.4) is 0 Å². The Balaban J connectivity index is 1.99. The summed E-state index contributed by atoms with van der Waals surface area (Å²) in [6, 6.07) is 13.8. The largest absolute Gasteiger partial charge is 0.507 e. The van der Waals surface area contributed by atoms with E-state index < -0.39 is 0 Å². The van der Waals surface area contributed by atoms with Gasteiger partial charge in [-0.2, -0.15) is 0 Å². The van der Waals surface area contributed by atoms with Crippen LogP contribution < -0.4 is 10.1 Å². The Bertz CT molecular complexity index is 567. The van der Waals surface area contributed by atoms with E-state index in [0.29, 0.717) is 18.8 Å². The summed E-state index contributed by atoms with van der Waals surface area (Å²) in [5.74, 6) is 1.29. The lowest BCUT2D eigenvalue weighted by Crippen LogP contribution is -2.13. The molecule has 0 heterocycles. The first-order valence-corrected chi connectivity index (χ1v) is 6.88. The van der Waals surface area contributed by atoms with Crippen LogP contribution in [0.15, 0.2) is 42.5 Å². The molecule has 20 heavy (non-hydrogen) atoms. The van der Waals surface area contributed by atoms with Crippen molar-refractivity contribution in [2.24, 2.45) is 0 Å². The number of phenols is 1. The highest BCUT2D eigenvalue weighted by molar-refractivity contribution is 5.40. The van der Waals surface area contributed by atoms with E-state index in [1.165, 1.54) is 0 Å². The Kier molecular flexibility index (Phi) is 5.02. The fourth-order valence-electron chi connectivity index (χ4n) is 2.25. The molecule has 106 valence electrons. The van der Waals surface area contributed by atoms with E-state index in [9.17, 15) is 5.11 Å². The van der Waals surface area contributed by atoms with Gasteiger partial charge >= 0.3 is 0 Å². The lowest BCUT2D eigenvalue weighted by molar-refractivity contribution is 0.407. The summed E-state index contributed by atoms with van der Waals surface area (Å²) in [6.45, 7) is 3.39. The zero-order valence-corrected chi connectivity index (χ0v) is 12.0. The average Bonchev–Trinajstić information content (AvgIpc) is 2.49. The van der Waals surface area contributed by atoms with Gasteiger partial charge in [0.1, 0.15) is 11.5 Å². The van der Waals surface area contributed by atoms with Crippen LogP contribution in [-0.4, -0.2) is 12.2 Å². The van der Waals surface area contributed by atoms with E-state index >= 15 is 0 Å². The molecule has 2 aromatic rings. The molecule has 0 aliphatic rings. The third-order valence-electron chi connectivity index (χ3n) is 3.41. The summed E-state index contributed by atoms with van der Waals surface area (Å²) >= 11 is 0. The van der Waals surface area contributed by atoms with E-state index in [1.807, 2.05) is 49.4 Å². The van der Waals surface area contributed by atoms with Crippen LogP contribution in [0.2, 0.25) is 0 Å². The van der Waals surface area contributed by atoms with Crippen LogP contribution in [0.4, 0.5) is 0 Å². The molecule has 0 unspecified atom stereocenters. The second-order valence-electron chi connectivity index (χ2n) is 4.69. The van der Waals surface area contributed by atoms with Gasteiger partial charge < -0.3 is 15.2 Å². The molecule has 3 nitrogen and oxygen atoms in total. The summed E-state index contributed by atoms with van der Waals surface area (Å²) in [6.07, 6.45) is 0.839. The Morgan fingerprint density at radius 1 is 0.950 bits per heavy atom. The number of methoxy groups -OCH3 is 1. The normalized spacial score (nSPS) is 10.5. The van der Waals surface area contributed by atoms with Crippen LogP contribution in [0.1, 0.15) is 23.6 Å². The molecule has 0 aromatic heterocycles. The van der Waals surface area contributed by atoms with Crippen LogP contribution in [0.25, 0.3) is 0 Å². The van der Waals surface area contributed by atoms with Gasteiger partial charge in [-0.1, -0.05) is 43.3 Å². The second-order valence-corrected chi connectivity index (χ2v) is 4.69. The molecule has 0 bridgehead atoms. The first-order chi connectivity index (χ1) is 9.76. The molecular formula is C17H21NO2. The summed E-state index contributed by atoms with van der Waals surface area (Å²) in [5.41, 5.74) is 3.03. The highest BCUT2D eigenvalue weighted by Crippen LogP contribution is 2.23. The number of ether oxygens (including phenoxy) is 1. The molecule has 0 aliphatic heterocycles. The fraction of sp³-hybridized carbons (Fsp3) is 0.294. The van der Waals surface area contributed by atoms with Crippen LogP contribution in [0.5, 0.6) is 11.5 Å². The molecule has 0 radical (unpaired) electrons. The first kappa shape index (κ1) is 14.4. The Morgan fingerprint density at radius 3 is 2.35 bits per heavy atom. The molecule has 0 atom stereocenters. The van der Waals surface area contributed by atoms with Crippen molar-refractivity contribution < 1.29 is 9.84 Å². The standard InChI is InChI=1S/C17H21NO2/c1-3-13-8-6-9-15(17(13)19)12-18-11-14-7-4-5-10-16(14)20-2/h4-10,18-19H,3,11-12H2,1-2H3. The molecule has 3 heteroatoms. The number of benzene rings is 2. The predicted molar refractivity (Wildman–Crippen MR) is 81.0 cm³/mol. The van der Waals surface area contributed by atoms with Crippen molar-refractivity contribution >= 4 is 0 Å². The van der Waals surface area contributed by atoms with E-state index in [1.54, 1.807) is 7.11 Å². The summed E-state index contributed by atoms with van der Waals surface area (Å²) in [5, 5.41) is 13.5. The lowest BCUT2D eigenvalue weighted by atomic mass is 10.1. The molecule has 0 spiro atoms. The first-order valence-electron chi connectivity index (χ1n) is 6.88. The van der Waals surface area contributed by atoms with Crippen molar-refractivity contribution in [3.63, 3.8) is 0 Å². The smallest absolute Gasteiger partial charge is 0.123 e. The number of rotatable bonds is 6. The number of aromatic hydroxyl groups is 1. The van der Waals surface area contributed by atoms with Gasteiger partial charge in [-0.05, 0) is 18.1 Å². The number of aryl methyl sites for hydroxylation is 1. The topological polar surface area (TPSA) is 41.5 Å². The van der Waals surface area contributed by atoms with Crippen molar-refractivity contribution in [1.29, 1.82) is 0 Å². The maximum absolute atomic E-state index is 10.1. The summed E-state index contributed by atoms with van der Waals surface area (Å²) in [4.78, 5) is 0. The minimum absolute atomic E-state index is 0.405. The Morgan fingerprint density at radius 2 is 1.60 bits per heavy atom. The number of para-hydroxylation sites is 2. The van der Waals surface area contributed by atoms with Gasteiger partial charge in [-0.3, -0.25) is 0 Å². The van der Waals surface area contributed by atoms with Gasteiger partial charge in [0, 0.05) is 24.2 Å². The number of nitrogens with one attached hydrogen (secondary N) is 1. The predicted octanol–water partition coefficient (Wildman–Crippen LogP) is 3.25. The third-order valence-corrected chi connectivity index (χ3v) is 3.41. The molecule has 0 amide bonds. The molecule has 0 saturated heterocycles. The fourth-order valence-corrected chi connectivity index (χ4v) is 2.25. The maximum atomic E-state index is 10.1. The van der Waals surface area contributed by atoms with Crippen LogP contribution in [-0.2, 0) is 19.5 Å². The molecule has 2 N–H and O–H groups in total. The highest BCUT2D eigenvalue weighted by Gasteiger charge is 2.06. The highest BCUT2D eigenvalue weighted by atomic mass is 16.5. The third kappa shape index (κ3) is 3.31. The van der Waals surface area contributed by atoms with Crippen LogP contribution >= 0.6 is 0 Å². The van der Waals surface area contributed by atoms with Gasteiger partial charge in [0.05, 0.1) is 7.11 Å². The molecule has 0 aliphatic carbocycles. The molecule has 2 rings (SSSR count). The maximum Gasteiger partial charge on any atom is 0.123 e. The molecular weight excluding hydrogens is 250 g/mol. The quantitative estimate of drug-likeness (QED) is 0.847. The Labute approximate surface area is 120 Å². The van der Waals surface area contributed by atoms with Gasteiger partial charge in [-0.15, -0.1) is 0 Å². The zero-order valence-electron chi connectivity index (χ0n) is 12.0. The van der Waals surface area contributed by atoms with Crippen molar-refractivity contribution in [2.45, 2.75) is 26.4 Å². The van der Waals surface area contributed by atoms with Crippen molar-refractivity contribution in [3.05, 3.63) is 59.2 Å². The second kappa shape index (κ2) is 6.96. The minimum atomic E-state index is 0.405. The number of hydrogen-bond acceptors (Lipinski definition) is 3. The zero-order chi connectivity index (χ0) is 14.4. The van der Waals surface area contributed by atoms with Gasteiger partial charge in [0.15, 0.2) is 0 Å². The van der Waals surface area contributed by atoms with Gasteiger partial charge in [-0.25, -0.2) is 0 Å². The van der Waals surface area contributed by atoms with Crippen molar-refractivity contribution in [3.8, 4) is 11.5 Å². The summed E-state index contributed by atoms with van der Waals surface area (Å²) in [7, 11) is 1.68. The van der Waals surface area contributed by atoms with E-state index in [4.69, 9.17) is 4.74 Å². The van der Waals surface area contributed by atoms with Gasteiger partial charge in [0.25, 0.3) is 0 Å². The SMILES string of the molecule is CCc1cccc(CNCc2ccccc2OC)c1O.